The number of hydrogen-bond donors (Lipinski definition) is 0. The minimum absolute atomic E-state index is 0.0373. The van der Waals surface area contributed by atoms with E-state index in [0.29, 0.717) is 19.3 Å². The molecule has 3 saturated carbocycles. The second-order valence-corrected chi connectivity index (χ2v) is 13.1. The maximum Gasteiger partial charge on any atom is 0.375 e. The number of esters is 2. The van der Waals surface area contributed by atoms with E-state index >= 15 is 0 Å². The van der Waals surface area contributed by atoms with Crippen LogP contribution in [0.25, 0.3) is 0 Å². The zero-order valence-corrected chi connectivity index (χ0v) is 24.5. The van der Waals surface area contributed by atoms with Crippen LogP contribution in [-0.4, -0.2) is 59.7 Å². The Balaban J connectivity index is 1.58. The topological polar surface area (TPSA) is 109 Å². The summed E-state index contributed by atoms with van der Waals surface area (Å²) in [4.78, 5) is 50.9. The number of furan rings is 1. The minimum atomic E-state index is -1.66. The van der Waals surface area contributed by atoms with Crippen LogP contribution in [0.4, 0.5) is 0 Å². The molecule has 0 N–H and O–H groups in total. The lowest BCUT2D eigenvalue weighted by Crippen LogP contribution is -2.68. The Hall–Kier alpha value is -2.42. The molecule has 8 nitrogen and oxygen atoms in total. The first kappa shape index (κ1) is 29.1. The molecule has 0 aromatic carbocycles. The van der Waals surface area contributed by atoms with Gasteiger partial charge >= 0.3 is 11.9 Å². The second-order valence-electron chi connectivity index (χ2n) is 12.0. The number of allylic oxidation sites excluding steroid dienone is 4. The molecule has 10 heteroatoms. The largest absolute Gasteiger partial charge is 0.457 e. The number of ketones is 2. The van der Waals surface area contributed by atoms with E-state index in [1.807, 2.05) is 26.8 Å². The maximum atomic E-state index is 14.2. The Kier molecular flexibility index (Phi) is 7.37. The Morgan fingerprint density at radius 1 is 1.18 bits per heavy atom. The highest BCUT2D eigenvalue weighted by Gasteiger charge is 2.76. The summed E-state index contributed by atoms with van der Waals surface area (Å²) in [6.07, 6.45) is 8.59. The molecule has 1 aromatic rings. The van der Waals surface area contributed by atoms with Gasteiger partial charge in [0.2, 0.25) is 11.5 Å². The number of methoxy groups -OCH3 is 1. The predicted molar refractivity (Wildman–Crippen MR) is 146 cm³/mol. The monoisotopic (exact) mass is 592 g/mol. The number of rotatable bonds is 7. The highest BCUT2D eigenvalue weighted by atomic mass is 35.5. The van der Waals surface area contributed by atoms with Crippen molar-refractivity contribution >= 4 is 46.7 Å². The second kappa shape index (κ2) is 10.1. The molecule has 0 radical (unpaired) electrons. The van der Waals surface area contributed by atoms with Crippen molar-refractivity contribution in [2.24, 2.45) is 28.6 Å². The molecule has 6 unspecified atom stereocenters. The van der Waals surface area contributed by atoms with Crippen LogP contribution in [0.15, 0.2) is 46.6 Å². The number of carbonyl (C=O) groups excluding carboxylic acids is 4. The number of fused-ring (bicyclic) bond motifs is 5. The molecular weight excluding hydrogens is 559 g/mol. The maximum absolute atomic E-state index is 14.2. The van der Waals surface area contributed by atoms with E-state index in [2.05, 4.69) is 0 Å². The van der Waals surface area contributed by atoms with Gasteiger partial charge in [0.25, 0.3) is 0 Å². The van der Waals surface area contributed by atoms with Crippen LogP contribution < -0.4 is 0 Å². The van der Waals surface area contributed by atoms with Crippen LogP contribution in [0.1, 0.15) is 57.0 Å². The first-order valence-corrected chi connectivity index (χ1v) is 14.4. The molecule has 0 amide bonds. The number of Topliss-reactive ketones (excluding diaryl/α,β-unsaturated/α-hetero) is 1. The molecule has 1 heterocycles. The van der Waals surface area contributed by atoms with Crippen molar-refractivity contribution in [2.45, 2.75) is 62.3 Å². The molecule has 4 aliphatic carbocycles. The molecule has 1 aromatic heterocycles. The lowest BCUT2D eigenvalue weighted by Gasteiger charge is -2.64. The quantitative estimate of drug-likeness (QED) is 0.319. The van der Waals surface area contributed by atoms with Crippen molar-refractivity contribution in [3.05, 3.63) is 48.0 Å². The van der Waals surface area contributed by atoms with Crippen molar-refractivity contribution < 1.29 is 37.8 Å². The Bertz CT molecular complexity index is 1290. The van der Waals surface area contributed by atoms with Crippen molar-refractivity contribution in [1.82, 2.24) is 0 Å². The van der Waals surface area contributed by atoms with Gasteiger partial charge in [-0.2, -0.15) is 0 Å². The zero-order chi connectivity index (χ0) is 29.1. The average molecular weight is 594 g/mol. The normalized spacial score (nSPS) is 40.0. The van der Waals surface area contributed by atoms with E-state index in [1.165, 1.54) is 19.4 Å². The molecule has 4 aliphatic rings. The first-order chi connectivity index (χ1) is 18.8. The van der Waals surface area contributed by atoms with E-state index < -0.39 is 56.9 Å². The minimum Gasteiger partial charge on any atom is -0.457 e. The summed E-state index contributed by atoms with van der Waals surface area (Å²) in [6.45, 7) is 4.95. The van der Waals surface area contributed by atoms with Gasteiger partial charge < -0.3 is 18.6 Å². The number of carbonyl (C=O) groups is 4. The van der Waals surface area contributed by atoms with Crippen LogP contribution >= 0.6 is 23.2 Å². The Labute approximate surface area is 243 Å². The average Bonchev–Trinajstić information content (AvgIpc) is 3.51. The summed E-state index contributed by atoms with van der Waals surface area (Å²) in [7, 11) is 1.35. The summed E-state index contributed by atoms with van der Waals surface area (Å²) >= 11 is 14.9. The third kappa shape index (κ3) is 3.97. The first-order valence-electron chi connectivity index (χ1n) is 13.6. The van der Waals surface area contributed by atoms with E-state index in [0.717, 1.165) is 5.57 Å². The fraction of sp³-hybridized carbons (Fsp3) is 0.600. The number of ether oxygens (including phenoxy) is 3. The Morgan fingerprint density at radius 2 is 1.93 bits per heavy atom. The third-order valence-corrected chi connectivity index (χ3v) is 11.7. The smallest absolute Gasteiger partial charge is 0.375 e. The van der Waals surface area contributed by atoms with Gasteiger partial charge in [0.1, 0.15) is 6.61 Å². The molecule has 8 atom stereocenters. The van der Waals surface area contributed by atoms with Gasteiger partial charge in [-0.25, -0.2) is 9.59 Å². The standard InChI is InChI=1S/C30H34Cl2O8/c1-17-12-21-20-8-7-18-13-19(33)9-10-27(18,2)29(20,32)23(31)14-28(21,3)30(17,24(34)15-39-25(35)16-37-4)40-26(36)22-6-5-11-38-22/h5-6,9-11,13,17,20-21,23H,7-8,12,14-16H2,1-4H3/t17?,20?,21?,23?,27?,28?,29-,30-/m0/s1. The fourth-order valence-electron chi connectivity index (χ4n) is 8.34. The predicted octanol–water partition coefficient (Wildman–Crippen LogP) is 5.07. The van der Waals surface area contributed by atoms with Gasteiger partial charge in [0.15, 0.2) is 18.0 Å². The molecule has 3 fully saturated rings. The van der Waals surface area contributed by atoms with Gasteiger partial charge in [-0.05, 0) is 61.8 Å². The van der Waals surface area contributed by atoms with Crippen molar-refractivity contribution in [3.63, 3.8) is 0 Å². The van der Waals surface area contributed by atoms with Crippen molar-refractivity contribution in [2.75, 3.05) is 20.3 Å². The number of halogens is 2. The molecule has 0 aliphatic heterocycles. The summed E-state index contributed by atoms with van der Waals surface area (Å²) in [5.74, 6) is -2.84. The third-order valence-electron chi connectivity index (χ3n) is 10.2. The van der Waals surface area contributed by atoms with Crippen LogP contribution in [0.2, 0.25) is 0 Å². The van der Waals surface area contributed by atoms with Crippen molar-refractivity contribution in [3.8, 4) is 0 Å². The lowest BCUT2D eigenvalue weighted by atomic mass is 9.46. The molecule has 216 valence electrons. The van der Waals surface area contributed by atoms with Gasteiger partial charge in [-0.3, -0.25) is 9.59 Å². The highest BCUT2D eigenvalue weighted by Crippen LogP contribution is 2.73. The molecule has 5 rings (SSSR count). The summed E-state index contributed by atoms with van der Waals surface area (Å²) in [5, 5.41) is -0.636. The van der Waals surface area contributed by atoms with Gasteiger partial charge in [0, 0.05) is 23.9 Å². The van der Waals surface area contributed by atoms with Crippen LogP contribution in [0.3, 0.4) is 0 Å². The van der Waals surface area contributed by atoms with Gasteiger partial charge in [-0.1, -0.05) is 32.4 Å². The summed E-state index contributed by atoms with van der Waals surface area (Å²) in [6, 6.07) is 3.04. The molecule has 0 spiro atoms. The molecule has 0 bridgehead atoms. The van der Waals surface area contributed by atoms with Gasteiger partial charge in [0.05, 0.1) is 16.5 Å². The lowest BCUT2D eigenvalue weighted by molar-refractivity contribution is -0.174. The summed E-state index contributed by atoms with van der Waals surface area (Å²) in [5.41, 5.74) is -2.28. The fourth-order valence-corrected chi connectivity index (χ4v) is 9.57. The number of hydrogen-bond acceptors (Lipinski definition) is 8. The van der Waals surface area contributed by atoms with E-state index in [-0.39, 0.29) is 36.4 Å². The van der Waals surface area contributed by atoms with E-state index in [9.17, 15) is 19.2 Å². The van der Waals surface area contributed by atoms with Crippen LogP contribution in [-0.2, 0) is 28.6 Å². The van der Waals surface area contributed by atoms with E-state index in [4.69, 9.17) is 41.8 Å². The molecular formula is C30H34Cl2O8. The molecule has 40 heavy (non-hydrogen) atoms. The number of alkyl halides is 2. The SMILES string of the molecule is COCC(=O)OCC(=O)[C@@]1(OC(=O)c2ccco2)C(C)CC2C3CCC4=CC(=O)C=CC4(C)[C@@]3(Cl)C(Cl)CC21C. The van der Waals surface area contributed by atoms with Gasteiger partial charge in [-0.15, -0.1) is 23.2 Å². The Morgan fingerprint density at radius 3 is 2.60 bits per heavy atom. The summed E-state index contributed by atoms with van der Waals surface area (Å²) < 4.78 is 21.6. The van der Waals surface area contributed by atoms with Crippen LogP contribution in [0.5, 0.6) is 0 Å². The molecule has 0 saturated heterocycles. The zero-order valence-electron chi connectivity index (χ0n) is 23.0. The van der Waals surface area contributed by atoms with E-state index in [1.54, 1.807) is 18.2 Å². The van der Waals surface area contributed by atoms with Crippen molar-refractivity contribution in [1.29, 1.82) is 0 Å². The highest BCUT2D eigenvalue weighted by molar-refractivity contribution is 6.34. The van der Waals surface area contributed by atoms with Crippen LogP contribution in [0, 0.1) is 28.6 Å².